The molecule has 1 amide bonds. The molecule has 0 aliphatic rings. The molecular weight excluding hydrogens is 546 g/mol. The molecule has 0 unspecified atom stereocenters. The predicted octanol–water partition coefficient (Wildman–Crippen LogP) is 6.60. The van der Waals surface area contributed by atoms with Crippen LogP contribution in [0, 0.1) is 6.92 Å². The lowest BCUT2D eigenvalue weighted by atomic mass is 10.1. The number of benzene rings is 4. The van der Waals surface area contributed by atoms with Crippen LogP contribution in [0.5, 0.6) is 5.75 Å². The van der Waals surface area contributed by atoms with Crippen molar-refractivity contribution >= 4 is 39.4 Å². The summed E-state index contributed by atoms with van der Waals surface area (Å²) in [6, 6.07) is 27.3. The van der Waals surface area contributed by atoms with Crippen LogP contribution in [0.15, 0.2) is 107 Å². The van der Waals surface area contributed by atoms with Gasteiger partial charge in [0.1, 0.15) is 5.75 Å². The molecule has 4 aromatic carbocycles. The van der Waals surface area contributed by atoms with Crippen molar-refractivity contribution in [3.8, 4) is 5.75 Å². The van der Waals surface area contributed by atoms with Crippen LogP contribution in [0.3, 0.4) is 0 Å². The van der Waals surface area contributed by atoms with Gasteiger partial charge in [0.2, 0.25) is 0 Å². The van der Waals surface area contributed by atoms with Crippen molar-refractivity contribution in [1.29, 1.82) is 0 Å². The predicted molar refractivity (Wildman–Crippen MR) is 160 cm³/mol. The monoisotopic (exact) mass is 575 g/mol. The van der Waals surface area contributed by atoms with E-state index in [4.69, 9.17) is 16.3 Å². The van der Waals surface area contributed by atoms with Gasteiger partial charge in [0.05, 0.1) is 35.0 Å². The van der Waals surface area contributed by atoms with E-state index in [1.165, 1.54) is 10.5 Å². The van der Waals surface area contributed by atoms with Crippen molar-refractivity contribution < 1.29 is 17.9 Å². The van der Waals surface area contributed by atoms with Gasteiger partial charge in [-0.05, 0) is 92.6 Å². The summed E-state index contributed by atoms with van der Waals surface area (Å²) in [5.74, 6) is 0.188. The molecule has 0 radical (unpaired) electrons. The van der Waals surface area contributed by atoms with E-state index in [1.807, 2.05) is 45.0 Å². The Bertz CT molecular complexity index is 1590. The average Bonchev–Trinajstić information content (AvgIpc) is 2.93. The largest absolute Gasteiger partial charge is 0.491 e. The second kappa shape index (κ2) is 12.8. The fourth-order valence-corrected chi connectivity index (χ4v) is 5.50. The van der Waals surface area contributed by atoms with Crippen molar-refractivity contribution in [2.45, 2.75) is 38.3 Å². The maximum absolute atomic E-state index is 13.9. The van der Waals surface area contributed by atoms with E-state index in [-0.39, 0.29) is 28.8 Å². The molecule has 0 aromatic heterocycles. The number of halogens is 1. The van der Waals surface area contributed by atoms with Gasteiger partial charge in [0.15, 0.2) is 0 Å². The highest BCUT2D eigenvalue weighted by molar-refractivity contribution is 7.92. The molecule has 0 saturated heterocycles. The Labute approximate surface area is 240 Å². The quantitative estimate of drug-likeness (QED) is 0.170. The minimum atomic E-state index is -4.04. The van der Waals surface area contributed by atoms with Crippen LogP contribution in [0.2, 0.25) is 5.02 Å². The molecule has 0 heterocycles. The van der Waals surface area contributed by atoms with Crippen molar-refractivity contribution in [3.63, 3.8) is 0 Å². The summed E-state index contributed by atoms with van der Waals surface area (Å²) in [7, 11) is -4.04. The van der Waals surface area contributed by atoms with Gasteiger partial charge in [-0.25, -0.2) is 13.8 Å². The Balaban J connectivity index is 1.64. The first-order valence-electron chi connectivity index (χ1n) is 12.7. The number of para-hydroxylation sites is 1. The van der Waals surface area contributed by atoms with Gasteiger partial charge < -0.3 is 4.74 Å². The number of aryl methyl sites for hydroxylation is 1. The van der Waals surface area contributed by atoms with Gasteiger partial charge in [-0.15, -0.1) is 0 Å². The third kappa shape index (κ3) is 7.28. The number of ether oxygens (including phenoxy) is 1. The van der Waals surface area contributed by atoms with E-state index in [0.717, 1.165) is 16.9 Å². The van der Waals surface area contributed by atoms with E-state index in [2.05, 4.69) is 10.5 Å². The number of sulfonamides is 1. The number of amides is 1. The first-order chi connectivity index (χ1) is 19.1. The van der Waals surface area contributed by atoms with Gasteiger partial charge in [-0.3, -0.25) is 9.10 Å². The third-order valence-corrected chi connectivity index (χ3v) is 7.92. The molecule has 1 N–H and O–H groups in total. The second-order valence-corrected chi connectivity index (χ2v) is 11.7. The first kappa shape index (κ1) is 28.9. The van der Waals surface area contributed by atoms with Crippen LogP contribution in [0.4, 0.5) is 5.69 Å². The van der Waals surface area contributed by atoms with E-state index >= 15 is 0 Å². The number of anilines is 1. The topological polar surface area (TPSA) is 88.1 Å². The lowest BCUT2D eigenvalue weighted by Gasteiger charge is -2.26. The minimum Gasteiger partial charge on any atom is -0.491 e. The van der Waals surface area contributed by atoms with Crippen molar-refractivity contribution in [3.05, 3.63) is 124 Å². The molecule has 7 nitrogen and oxygen atoms in total. The molecule has 0 aliphatic heterocycles. The zero-order chi connectivity index (χ0) is 28.7. The molecule has 0 spiro atoms. The van der Waals surface area contributed by atoms with Crippen LogP contribution in [-0.2, 0) is 16.6 Å². The Kier molecular flexibility index (Phi) is 9.24. The minimum absolute atomic E-state index is 0.00820. The lowest BCUT2D eigenvalue weighted by Crippen LogP contribution is -2.33. The highest BCUT2D eigenvalue weighted by Gasteiger charge is 2.28. The van der Waals surface area contributed by atoms with E-state index in [1.54, 1.807) is 72.8 Å². The van der Waals surface area contributed by atoms with Gasteiger partial charge in [-0.1, -0.05) is 53.6 Å². The van der Waals surface area contributed by atoms with Crippen molar-refractivity contribution in [1.82, 2.24) is 5.43 Å². The van der Waals surface area contributed by atoms with Gasteiger partial charge in [-0.2, -0.15) is 5.10 Å². The standard InChI is InChI=1S/C31H30ClN3O4S/c1-22(2)39-27-16-12-24(13-17-27)20-33-34-31(36)29-6-4-5-7-30(29)35(21-25-10-14-26(32)15-11-25)40(37,38)28-18-8-23(3)9-19-28/h4-20,22H,21H2,1-3H3,(H,34,36)/b33-20-. The van der Waals surface area contributed by atoms with Crippen LogP contribution >= 0.6 is 11.6 Å². The van der Waals surface area contributed by atoms with E-state index in [9.17, 15) is 13.2 Å². The van der Waals surface area contributed by atoms with Crippen LogP contribution < -0.4 is 14.5 Å². The summed E-state index contributed by atoms with van der Waals surface area (Å²) in [5.41, 5.74) is 5.30. The van der Waals surface area contributed by atoms with Gasteiger partial charge in [0.25, 0.3) is 15.9 Å². The number of rotatable bonds is 10. The molecule has 4 aromatic rings. The number of carbonyl (C=O) groups is 1. The molecule has 0 saturated carbocycles. The maximum atomic E-state index is 13.9. The van der Waals surface area contributed by atoms with E-state index in [0.29, 0.717) is 10.6 Å². The summed E-state index contributed by atoms with van der Waals surface area (Å²) in [6.07, 6.45) is 1.57. The second-order valence-electron chi connectivity index (χ2n) is 9.40. The van der Waals surface area contributed by atoms with E-state index < -0.39 is 15.9 Å². The van der Waals surface area contributed by atoms with Gasteiger partial charge in [0, 0.05) is 5.02 Å². The van der Waals surface area contributed by atoms with Crippen molar-refractivity contribution in [2.75, 3.05) is 4.31 Å². The molecule has 4 rings (SSSR count). The van der Waals surface area contributed by atoms with Gasteiger partial charge >= 0.3 is 0 Å². The average molecular weight is 576 g/mol. The maximum Gasteiger partial charge on any atom is 0.273 e. The molecule has 9 heteroatoms. The van der Waals surface area contributed by atoms with Crippen LogP contribution in [-0.4, -0.2) is 26.6 Å². The fraction of sp³-hybridized carbons (Fsp3) is 0.161. The number of nitrogens with one attached hydrogen (secondary N) is 1. The zero-order valence-electron chi connectivity index (χ0n) is 22.4. The van der Waals surface area contributed by atoms with Crippen molar-refractivity contribution in [2.24, 2.45) is 5.10 Å². The molecule has 0 bridgehead atoms. The SMILES string of the molecule is Cc1ccc(S(=O)(=O)N(Cc2ccc(Cl)cc2)c2ccccc2C(=O)N/N=C\c2ccc(OC(C)C)cc2)cc1. The normalized spacial score (nSPS) is 11.5. The summed E-state index contributed by atoms with van der Waals surface area (Å²) in [6.45, 7) is 5.78. The number of hydrogen-bond donors (Lipinski definition) is 1. The highest BCUT2D eigenvalue weighted by Crippen LogP contribution is 2.30. The zero-order valence-corrected chi connectivity index (χ0v) is 24.0. The smallest absolute Gasteiger partial charge is 0.273 e. The summed E-state index contributed by atoms with van der Waals surface area (Å²) < 4.78 is 34.7. The summed E-state index contributed by atoms with van der Waals surface area (Å²) in [4.78, 5) is 13.4. The Morgan fingerprint density at radius 1 is 0.950 bits per heavy atom. The first-order valence-corrected chi connectivity index (χ1v) is 14.5. The number of carbonyl (C=O) groups excluding carboxylic acids is 1. The molecule has 206 valence electrons. The van der Waals surface area contributed by atoms with Crippen LogP contribution in [0.1, 0.15) is 40.9 Å². The Morgan fingerprint density at radius 3 is 2.25 bits per heavy atom. The summed E-state index contributed by atoms with van der Waals surface area (Å²) in [5, 5.41) is 4.62. The molecule has 40 heavy (non-hydrogen) atoms. The lowest BCUT2D eigenvalue weighted by molar-refractivity contribution is 0.0955. The number of hydrazone groups is 1. The number of nitrogens with zero attached hydrogens (tertiary/aromatic N) is 2. The Morgan fingerprint density at radius 2 is 1.60 bits per heavy atom. The third-order valence-electron chi connectivity index (χ3n) is 5.90. The van der Waals surface area contributed by atoms with Crippen LogP contribution in [0.25, 0.3) is 0 Å². The summed E-state index contributed by atoms with van der Waals surface area (Å²) >= 11 is 6.05. The molecule has 0 fully saturated rings. The molecule has 0 atom stereocenters. The molecular formula is C31H30ClN3O4S. The fourth-order valence-electron chi connectivity index (χ4n) is 3.91. The Hall–Kier alpha value is -4.14. The number of hydrogen-bond acceptors (Lipinski definition) is 5. The highest BCUT2D eigenvalue weighted by atomic mass is 35.5. The molecule has 0 aliphatic carbocycles.